The van der Waals surface area contributed by atoms with Crippen LogP contribution in [0.15, 0.2) is 60.2 Å². The maximum atomic E-state index is 9.93. The number of hydrogen-bond acceptors (Lipinski definition) is 2. The minimum atomic E-state index is -0.676. The lowest BCUT2D eigenvalue weighted by Crippen LogP contribution is -2.53. The highest BCUT2D eigenvalue weighted by atomic mass is 15.2. The molecule has 0 N–H and O–H groups in total. The topological polar surface area (TPSA) is 49.3 Å². The summed E-state index contributed by atoms with van der Waals surface area (Å²) < 4.78 is 0. The van der Waals surface area contributed by atoms with E-state index in [0.29, 0.717) is 11.6 Å². The number of allylic oxidation sites excluding steroid dienone is 3. The van der Waals surface area contributed by atoms with Crippen molar-refractivity contribution < 1.29 is 0 Å². The summed E-state index contributed by atoms with van der Waals surface area (Å²) in [4.78, 5) is 2.39. The maximum Gasteiger partial charge on any atom is 0.114 e. The van der Waals surface area contributed by atoms with Crippen molar-refractivity contribution >= 4 is 11.6 Å². The van der Waals surface area contributed by atoms with Gasteiger partial charge in [0.1, 0.15) is 5.41 Å². The molecule has 1 aromatic rings. The molecule has 23 heavy (non-hydrogen) atoms. The summed E-state index contributed by atoms with van der Waals surface area (Å²) in [7, 11) is 0. The van der Waals surface area contributed by atoms with Gasteiger partial charge in [-0.1, -0.05) is 42.5 Å². The molecule has 2 atom stereocenters. The van der Waals surface area contributed by atoms with Gasteiger partial charge in [-0.05, 0) is 43.9 Å². The van der Waals surface area contributed by atoms with E-state index in [4.69, 9.17) is 5.41 Å². The Bertz CT molecular complexity index is 701. The minimum absolute atomic E-state index is 0.0893. The van der Waals surface area contributed by atoms with Crippen LogP contribution >= 0.6 is 0 Å². The summed E-state index contributed by atoms with van der Waals surface area (Å²) in [5.41, 5.74) is 1.09. The first-order chi connectivity index (χ1) is 11.2. The van der Waals surface area contributed by atoms with Gasteiger partial charge in [0.25, 0.3) is 0 Å². The van der Waals surface area contributed by atoms with Crippen molar-refractivity contribution in [1.82, 2.24) is 0 Å². The van der Waals surface area contributed by atoms with Gasteiger partial charge >= 0.3 is 0 Å². The highest BCUT2D eigenvalue weighted by Gasteiger charge is 2.42. The molecule has 3 nitrogen and oxygen atoms in total. The second kappa shape index (κ2) is 6.28. The van der Waals surface area contributed by atoms with Gasteiger partial charge in [-0.2, -0.15) is 5.26 Å². The zero-order valence-electron chi connectivity index (χ0n) is 13.3. The van der Waals surface area contributed by atoms with Crippen molar-refractivity contribution in [2.45, 2.75) is 38.3 Å². The molecule has 1 aromatic carbocycles. The van der Waals surface area contributed by atoms with Crippen LogP contribution in [0.25, 0.3) is 5.41 Å². The van der Waals surface area contributed by atoms with Crippen LogP contribution in [0.5, 0.6) is 0 Å². The number of nitriles is 1. The Morgan fingerprint density at radius 1 is 1.17 bits per heavy atom. The van der Waals surface area contributed by atoms with Crippen molar-refractivity contribution in [1.29, 1.82) is 5.26 Å². The molecule has 0 aromatic heterocycles. The van der Waals surface area contributed by atoms with Gasteiger partial charge in [0.15, 0.2) is 0 Å². The van der Waals surface area contributed by atoms with Crippen LogP contribution in [-0.4, -0.2) is 18.0 Å². The number of benzene rings is 1. The molecule has 1 aliphatic heterocycles. The summed E-state index contributed by atoms with van der Waals surface area (Å²) in [6.07, 6.45) is 10.6. The summed E-state index contributed by atoms with van der Waals surface area (Å²) in [5.74, 6) is 2.14. The van der Waals surface area contributed by atoms with E-state index < -0.39 is 5.41 Å². The van der Waals surface area contributed by atoms with Crippen LogP contribution in [0.2, 0.25) is 0 Å². The lowest BCUT2D eigenvalue weighted by molar-refractivity contribution is 0.325. The van der Waals surface area contributed by atoms with E-state index in [1.807, 2.05) is 30.4 Å². The number of piperidine rings is 1. The highest BCUT2D eigenvalue weighted by Crippen LogP contribution is 2.41. The average Bonchev–Trinajstić information content (AvgIpc) is 2.62. The molecule has 116 valence electrons. The lowest BCUT2D eigenvalue weighted by Gasteiger charge is -2.48. The fourth-order valence-corrected chi connectivity index (χ4v) is 3.71. The molecule has 3 heteroatoms. The van der Waals surface area contributed by atoms with Crippen molar-refractivity contribution in [2.75, 3.05) is 4.90 Å². The first-order valence-corrected chi connectivity index (χ1v) is 8.10. The largest absolute Gasteiger partial charge is 0.763 e. The van der Waals surface area contributed by atoms with Crippen LogP contribution in [0.4, 0.5) is 5.69 Å². The SMILES string of the molecule is CC1CCCC(C2(C#N)C=CC(=C=[N-])C=C2)N1c1ccccc1. The summed E-state index contributed by atoms with van der Waals surface area (Å²) in [5, 5.41) is 19.0. The zero-order valence-corrected chi connectivity index (χ0v) is 13.3. The Labute approximate surface area is 137 Å². The van der Waals surface area contributed by atoms with Gasteiger partial charge in [0.2, 0.25) is 0 Å². The van der Waals surface area contributed by atoms with Gasteiger partial charge in [-0.15, -0.1) is 0 Å². The quantitative estimate of drug-likeness (QED) is 0.767. The van der Waals surface area contributed by atoms with Crippen molar-refractivity contribution in [3.63, 3.8) is 0 Å². The number of hydrogen-bond donors (Lipinski definition) is 0. The van der Waals surface area contributed by atoms with Gasteiger partial charge in [0, 0.05) is 11.7 Å². The van der Waals surface area contributed by atoms with Gasteiger partial charge in [-0.25, -0.2) is 0 Å². The molecular formula is C20H20N3-. The van der Waals surface area contributed by atoms with Crippen molar-refractivity contribution in [2.24, 2.45) is 5.41 Å². The van der Waals surface area contributed by atoms with E-state index in [-0.39, 0.29) is 6.04 Å². The van der Waals surface area contributed by atoms with Crippen molar-refractivity contribution in [3.8, 4) is 6.07 Å². The molecule has 1 heterocycles. The van der Waals surface area contributed by atoms with E-state index in [1.54, 1.807) is 12.2 Å². The monoisotopic (exact) mass is 302 g/mol. The molecule has 0 spiro atoms. The second-order valence-corrected chi connectivity index (χ2v) is 6.32. The standard InChI is InChI=1S/C20H20N3/c1-16-6-5-9-19(23(16)18-7-3-2-4-8-18)20(15-22)12-10-17(14-21)11-13-20/h2-4,7-8,10-13,16,19H,5-6,9H2,1H3/q-1. The van der Waals surface area contributed by atoms with Gasteiger partial charge in [0.05, 0.1) is 12.1 Å². The Morgan fingerprint density at radius 2 is 1.87 bits per heavy atom. The van der Waals surface area contributed by atoms with Crippen LogP contribution in [0, 0.1) is 16.7 Å². The number of rotatable bonds is 2. The number of anilines is 1. The summed E-state index contributed by atoms with van der Waals surface area (Å²) in [6, 6.07) is 13.3. The van der Waals surface area contributed by atoms with E-state index in [9.17, 15) is 5.26 Å². The predicted octanol–water partition coefficient (Wildman–Crippen LogP) is 4.24. The zero-order chi connectivity index (χ0) is 16.3. The van der Waals surface area contributed by atoms with Crippen LogP contribution < -0.4 is 4.90 Å². The van der Waals surface area contributed by atoms with Crippen molar-refractivity contribution in [3.05, 3.63) is 65.6 Å². The average molecular weight is 302 g/mol. The summed E-state index contributed by atoms with van der Waals surface area (Å²) in [6.45, 7) is 2.23. The first kappa shape index (κ1) is 15.3. The van der Waals surface area contributed by atoms with Gasteiger partial charge < -0.3 is 10.3 Å². The molecule has 0 amide bonds. The summed E-state index contributed by atoms with van der Waals surface area (Å²) >= 11 is 0. The normalized spacial score (nSPS) is 29.9. The maximum absolute atomic E-state index is 9.93. The van der Waals surface area contributed by atoms with E-state index in [2.05, 4.69) is 35.9 Å². The van der Waals surface area contributed by atoms with Crippen LogP contribution in [0.1, 0.15) is 26.2 Å². The predicted molar refractivity (Wildman–Crippen MR) is 94.2 cm³/mol. The van der Waals surface area contributed by atoms with Gasteiger partial charge in [-0.3, -0.25) is 5.87 Å². The minimum Gasteiger partial charge on any atom is -0.763 e. The third-order valence-corrected chi connectivity index (χ3v) is 4.92. The van der Waals surface area contributed by atoms with E-state index in [0.717, 1.165) is 24.9 Å². The van der Waals surface area contributed by atoms with Crippen LogP contribution in [-0.2, 0) is 0 Å². The van der Waals surface area contributed by atoms with E-state index >= 15 is 0 Å². The van der Waals surface area contributed by atoms with E-state index in [1.165, 1.54) is 0 Å². The molecule has 1 saturated heterocycles. The molecule has 3 rings (SSSR count). The fourth-order valence-electron chi connectivity index (χ4n) is 3.71. The third-order valence-electron chi connectivity index (χ3n) is 4.92. The Balaban J connectivity index is 2.03. The van der Waals surface area contributed by atoms with Crippen LogP contribution in [0.3, 0.4) is 0 Å². The second-order valence-electron chi connectivity index (χ2n) is 6.32. The number of nitrogens with zero attached hydrogens (tertiary/aromatic N) is 3. The Morgan fingerprint density at radius 3 is 2.48 bits per heavy atom. The highest BCUT2D eigenvalue weighted by molar-refractivity contribution is 5.70. The molecular weight excluding hydrogens is 282 g/mol. The lowest BCUT2D eigenvalue weighted by atomic mass is 9.73. The Kier molecular flexibility index (Phi) is 4.19. The third kappa shape index (κ3) is 2.74. The molecule has 1 aliphatic carbocycles. The molecule has 0 bridgehead atoms. The molecule has 2 aliphatic rings. The first-order valence-electron chi connectivity index (χ1n) is 8.10. The Hall–Kier alpha value is -2.56. The smallest absolute Gasteiger partial charge is 0.114 e. The number of para-hydroxylation sites is 1. The molecule has 0 radical (unpaired) electrons. The molecule has 2 unspecified atom stereocenters. The fraction of sp³-hybridized carbons (Fsp3) is 0.350. The molecule has 0 saturated carbocycles. The molecule has 1 fully saturated rings.